The average molecular weight is 396 g/mol. The predicted octanol–water partition coefficient (Wildman–Crippen LogP) is 7.09. The van der Waals surface area contributed by atoms with Gasteiger partial charge >= 0.3 is 0 Å². The van der Waals surface area contributed by atoms with E-state index in [1.54, 1.807) is 12.1 Å². The molecular formula is C25H20F4. The summed E-state index contributed by atoms with van der Waals surface area (Å²) in [7, 11) is 0. The lowest BCUT2D eigenvalue weighted by Gasteiger charge is -2.26. The highest BCUT2D eigenvalue weighted by atomic mass is 19.2. The van der Waals surface area contributed by atoms with Crippen molar-refractivity contribution >= 4 is 10.8 Å². The summed E-state index contributed by atoms with van der Waals surface area (Å²) in [6.07, 6.45) is 4.49. The fourth-order valence-corrected chi connectivity index (χ4v) is 4.00. The summed E-state index contributed by atoms with van der Waals surface area (Å²) in [5.74, 6) is 2.41. The minimum atomic E-state index is -1.49. The van der Waals surface area contributed by atoms with Crippen molar-refractivity contribution in [1.29, 1.82) is 0 Å². The molecule has 0 atom stereocenters. The van der Waals surface area contributed by atoms with Crippen molar-refractivity contribution in [3.05, 3.63) is 82.4 Å². The van der Waals surface area contributed by atoms with Crippen LogP contribution in [0.2, 0.25) is 0 Å². The lowest BCUT2D eigenvalue weighted by atomic mass is 9.79. The zero-order valence-corrected chi connectivity index (χ0v) is 16.0. The molecular weight excluding hydrogens is 376 g/mol. The fraction of sp³-hybridized carbons (Fsp3) is 0.280. The van der Waals surface area contributed by atoms with Crippen molar-refractivity contribution in [2.45, 2.75) is 38.5 Å². The van der Waals surface area contributed by atoms with Crippen LogP contribution < -0.4 is 0 Å². The Balaban J connectivity index is 1.59. The minimum absolute atomic E-state index is 0.0215. The van der Waals surface area contributed by atoms with Crippen LogP contribution in [-0.2, 0) is 0 Å². The molecule has 0 amide bonds. The van der Waals surface area contributed by atoms with E-state index >= 15 is 0 Å². The highest BCUT2D eigenvalue weighted by molar-refractivity contribution is 5.84. The van der Waals surface area contributed by atoms with E-state index in [2.05, 4.69) is 18.8 Å². The Morgan fingerprint density at radius 2 is 1.52 bits per heavy atom. The molecule has 1 saturated carbocycles. The van der Waals surface area contributed by atoms with Gasteiger partial charge < -0.3 is 0 Å². The van der Waals surface area contributed by atoms with E-state index in [1.165, 1.54) is 31.0 Å². The molecule has 4 rings (SSSR count). The summed E-state index contributed by atoms with van der Waals surface area (Å²) in [5, 5.41) is 0.183. The van der Waals surface area contributed by atoms with E-state index in [-0.39, 0.29) is 22.2 Å². The molecule has 3 aromatic carbocycles. The van der Waals surface area contributed by atoms with E-state index < -0.39 is 17.5 Å². The van der Waals surface area contributed by atoms with Crippen LogP contribution in [0.5, 0.6) is 0 Å². The van der Waals surface area contributed by atoms with Crippen molar-refractivity contribution in [1.82, 2.24) is 0 Å². The van der Waals surface area contributed by atoms with E-state index in [9.17, 15) is 17.6 Å². The van der Waals surface area contributed by atoms with E-state index in [0.29, 0.717) is 11.5 Å². The molecule has 1 aliphatic carbocycles. The largest absolute Gasteiger partial charge is 0.206 e. The van der Waals surface area contributed by atoms with E-state index in [1.807, 2.05) is 6.07 Å². The van der Waals surface area contributed by atoms with Gasteiger partial charge in [0.15, 0.2) is 17.5 Å². The smallest absolute Gasteiger partial charge is 0.195 e. The molecule has 0 unspecified atom stereocenters. The Hall–Kier alpha value is -2.80. The van der Waals surface area contributed by atoms with Gasteiger partial charge in [-0.3, -0.25) is 0 Å². The molecule has 148 valence electrons. The first-order chi connectivity index (χ1) is 13.9. The standard InChI is InChI=1S/C25H20F4/c1-15-2-6-17(7-3-15)19-10-9-18(22(26)13-19)8-4-16-5-11-21-20(12-16)14-23(27)25(29)24(21)28/h5,9-15,17H,2-3,6-7H2,1H3. The molecule has 0 aliphatic heterocycles. The maximum absolute atomic E-state index is 14.5. The molecule has 0 heterocycles. The van der Waals surface area contributed by atoms with Gasteiger partial charge in [-0.2, -0.15) is 0 Å². The van der Waals surface area contributed by atoms with Crippen LogP contribution in [0, 0.1) is 41.0 Å². The SMILES string of the molecule is CC1CCC(c2ccc(C#Cc3ccc4c(F)c(F)c(F)cc4c3)c(F)c2)CC1. The van der Waals surface area contributed by atoms with Crippen LogP contribution >= 0.6 is 0 Å². The molecule has 3 aromatic rings. The van der Waals surface area contributed by atoms with Crippen molar-refractivity contribution < 1.29 is 17.6 Å². The second-order valence-electron chi connectivity index (χ2n) is 7.87. The van der Waals surface area contributed by atoms with Crippen molar-refractivity contribution in [2.24, 2.45) is 5.92 Å². The Morgan fingerprint density at radius 3 is 2.24 bits per heavy atom. The van der Waals surface area contributed by atoms with Gasteiger partial charge in [-0.05, 0) is 66.0 Å². The van der Waals surface area contributed by atoms with Crippen LogP contribution in [0.15, 0.2) is 42.5 Å². The number of halogens is 4. The zero-order valence-electron chi connectivity index (χ0n) is 16.0. The van der Waals surface area contributed by atoms with Gasteiger partial charge in [0, 0.05) is 10.9 Å². The van der Waals surface area contributed by atoms with Crippen molar-refractivity contribution in [3.63, 3.8) is 0 Å². The predicted molar refractivity (Wildman–Crippen MR) is 107 cm³/mol. The molecule has 0 aromatic heterocycles. The number of hydrogen-bond donors (Lipinski definition) is 0. The summed E-state index contributed by atoms with van der Waals surface area (Å²) < 4.78 is 55.1. The highest BCUT2D eigenvalue weighted by Gasteiger charge is 2.20. The number of rotatable bonds is 1. The van der Waals surface area contributed by atoms with Crippen LogP contribution in [-0.4, -0.2) is 0 Å². The molecule has 0 bridgehead atoms. The van der Waals surface area contributed by atoms with Gasteiger partial charge in [0.1, 0.15) is 5.82 Å². The molecule has 29 heavy (non-hydrogen) atoms. The molecule has 0 saturated heterocycles. The molecule has 0 nitrogen and oxygen atoms in total. The van der Waals surface area contributed by atoms with Gasteiger partial charge in [-0.1, -0.05) is 43.7 Å². The average Bonchev–Trinajstić information content (AvgIpc) is 2.71. The summed E-state index contributed by atoms with van der Waals surface area (Å²) in [5.41, 5.74) is 1.75. The van der Waals surface area contributed by atoms with Crippen LogP contribution in [0.1, 0.15) is 55.2 Å². The van der Waals surface area contributed by atoms with Gasteiger partial charge in [0.05, 0.1) is 5.56 Å². The molecule has 1 aliphatic rings. The van der Waals surface area contributed by atoms with Crippen molar-refractivity contribution in [2.75, 3.05) is 0 Å². The normalized spacial score (nSPS) is 19.1. The second-order valence-corrected chi connectivity index (χ2v) is 7.87. The maximum atomic E-state index is 14.5. The van der Waals surface area contributed by atoms with Gasteiger partial charge in [-0.25, -0.2) is 17.6 Å². The quantitative estimate of drug-likeness (QED) is 0.234. The Morgan fingerprint density at radius 1 is 0.759 bits per heavy atom. The van der Waals surface area contributed by atoms with E-state index in [4.69, 9.17) is 0 Å². The third-order valence-electron chi connectivity index (χ3n) is 5.79. The summed E-state index contributed by atoms with van der Waals surface area (Å²) in [6, 6.07) is 10.4. The number of hydrogen-bond acceptors (Lipinski definition) is 0. The molecule has 0 spiro atoms. The highest BCUT2D eigenvalue weighted by Crippen LogP contribution is 2.35. The van der Waals surface area contributed by atoms with Crippen LogP contribution in [0.25, 0.3) is 10.8 Å². The molecule has 0 N–H and O–H groups in total. The number of fused-ring (bicyclic) bond motifs is 1. The Labute approximate surface area is 167 Å². The summed E-state index contributed by atoms with van der Waals surface area (Å²) in [6.45, 7) is 2.25. The Kier molecular flexibility index (Phi) is 5.32. The second kappa shape index (κ2) is 7.91. The third-order valence-corrected chi connectivity index (χ3v) is 5.79. The van der Waals surface area contributed by atoms with E-state index in [0.717, 1.165) is 30.4 Å². The fourth-order valence-electron chi connectivity index (χ4n) is 4.00. The van der Waals surface area contributed by atoms with Gasteiger partial charge in [-0.15, -0.1) is 0 Å². The monoisotopic (exact) mass is 396 g/mol. The van der Waals surface area contributed by atoms with Crippen molar-refractivity contribution in [3.8, 4) is 11.8 Å². The first-order valence-electron chi connectivity index (χ1n) is 9.81. The number of benzene rings is 3. The minimum Gasteiger partial charge on any atom is -0.206 e. The molecule has 1 fully saturated rings. The zero-order chi connectivity index (χ0) is 20.5. The maximum Gasteiger partial charge on any atom is 0.195 e. The van der Waals surface area contributed by atoms with Gasteiger partial charge in [0.2, 0.25) is 0 Å². The first kappa shape index (κ1) is 19.5. The van der Waals surface area contributed by atoms with Crippen LogP contribution in [0.4, 0.5) is 17.6 Å². The Bertz CT molecular complexity index is 1130. The topological polar surface area (TPSA) is 0 Å². The summed E-state index contributed by atoms with van der Waals surface area (Å²) in [4.78, 5) is 0. The third kappa shape index (κ3) is 4.00. The molecule has 0 radical (unpaired) electrons. The molecule has 4 heteroatoms. The van der Waals surface area contributed by atoms with Crippen LogP contribution in [0.3, 0.4) is 0 Å². The lowest BCUT2D eigenvalue weighted by Crippen LogP contribution is -2.11. The first-order valence-corrected chi connectivity index (χ1v) is 9.81. The lowest BCUT2D eigenvalue weighted by molar-refractivity contribution is 0.347. The van der Waals surface area contributed by atoms with Gasteiger partial charge in [0.25, 0.3) is 0 Å². The summed E-state index contributed by atoms with van der Waals surface area (Å²) >= 11 is 0.